The van der Waals surface area contributed by atoms with Gasteiger partial charge in [0.2, 0.25) is 0 Å². The van der Waals surface area contributed by atoms with Crippen LogP contribution < -0.4 is 0 Å². The first-order valence-corrected chi connectivity index (χ1v) is 17.3. The van der Waals surface area contributed by atoms with Gasteiger partial charge in [0.15, 0.2) is 0 Å². The average molecular weight is 611 g/mol. The predicted molar refractivity (Wildman–Crippen MR) is 207 cm³/mol. The molecule has 0 heterocycles. The normalized spacial score (nSPS) is 16.0. The summed E-state index contributed by atoms with van der Waals surface area (Å²) in [6.45, 7) is 0. The highest BCUT2D eigenvalue weighted by Gasteiger charge is 2.24. The molecule has 2 aliphatic rings. The predicted octanol–water partition coefficient (Wildman–Crippen LogP) is 13.5. The van der Waals surface area contributed by atoms with E-state index in [4.69, 9.17) is 0 Å². The van der Waals surface area contributed by atoms with Crippen molar-refractivity contribution in [2.45, 2.75) is 19.3 Å². The smallest absolute Gasteiger partial charge is 0.00139 e. The molecule has 1 unspecified atom stereocenters. The fourth-order valence-electron chi connectivity index (χ4n) is 8.62. The van der Waals surface area contributed by atoms with Gasteiger partial charge in [-0.1, -0.05) is 146 Å². The minimum Gasteiger partial charge on any atom is -0.0842 e. The van der Waals surface area contributed by atoms with Gasteiger partial charge in [0.25, 0.3) is 0 Å². The molecule has 0 bridgehead atoms. The van der Waals surface area contributed by atoms with Crippen LogP contribution in [0.4, 0.5) is 0 Å². The molecule has 0 aliphatic heterocycles. The topological polar surface area (TPSA) is 0 Å². The van der Waals surface area contributed by atoms with Gasteiger partial charge >= 0.3 is 0 Å². The van der Waals surface area contributed by atoms with Gasteiger partial charge in [0.1, 0.15) is 0 Å². The maximum atomic E-state index is 2.47. The van der Waals surface area contributed by atoms with E-state index in [-0.39, 0.29) is 0 Å². The number of hydrogen-bond donors (Lipinski definition) is 0. The van der Waals surface area contributed by atoms with E-state index in [0.29, 0.717) is 5.92 Å². The van der Waals surface area contributed by atoms with E-state index in [2.05, 4.69) is 164 Å². The Hall–Kier alpha value is -5.72. The molecular weight excluding hydrogens is 577 g/mol. The van der Waals surface area contributed by atoms with Crippen LogP contribution in [0.2, 0.25) is 0 Å². The second-order valence-corrected chi connectivity index (χ2v) is 13.5. The average Bonchev–Trinajstić information content (AvgIpc) is 3.16. The van der Waals surface area contributed by atoms with Crippen LogP contribution in [-0.2, 0) is 0 Å². The Bertz CT molecular complexity index is 2700. The van der Waals surface area contributed by atoms with Crippen LogP contribution in [-0.4, -0.2) is 0 Å². The zero-order valence-corrected chi connectivity index (χ0v) is 26.8. The lowest BCUT2D eigenvalue weighted by Gasteiger charge is -2.27. The second-order valence-electron chi connectivity index (χ2n) is 13.5. The van der Waals surface area contributed by atoms with Crippen molar-refractivity contribution in [1.82, 2.24) is 0 Å². The monoisotopic (exact) mass is 610 g/mol. The molecule has 0 spiro atoms. The standard InChI is InChI=1S/C48H34/c1-2-14-33-28-35(27-26-31(33)12-1)39-22-10-17-36-30-45-42(41-23-9-16-32-13-3-5-18-37(32)41)24-11-25-44(45)48(47(36)39)46-29-34-15-4-6-19-38(34)40-20-7-8-21-43(40)46/h1-2,4-12,14-15,17-30,32H,3,13,16H2. The number of fused-ring (bicyclic) bond motifs is 7. The molecule has 8 aromatic carbocycles. The molecule has 0 aromatic heterocycles. The van der Waals surface area contributed by atoms with E-state index in [9.17, 15) is 0 Å². The SMILES string of the molecule is C1=CC2=C(c3cccc4c(-c5cc6ccccc6c6ccccc56)c5c(-c6ccc7ccccc7c6)cccc5cc34)C=CCC2CC1. The van der Waals surface area contributed by atoms with E-state index in [1.54, 1.807) is 0 Å². The maximum Gasteiger partial charge on any atom is -0.00139 e. The second kappa shape index (κ2) is 10.9. The van der Waals surface area contributed by atoms with Crippen molar-refractivity contribution in [3.05, 3.63) is 175 Å². The van der Waals surface area contributed by atoms with Crippen LogP contribution in [0, 0.1) is 5.92 Å². The molecule has 8 aromatic rings. The highest BCUT2D eigenvalue weighted by Crippen LogP contribution is 2.48. The molecule has 0 saturated heterocycles. The number of hydrogen-bond acceptors (Lipinski definition) is 0. The van der Waals surface area contributed by atoms with Crippen LogP contribution in [0.1, 0.15) is 24.8 Å². The minimum absolute atomic E-state index is 0.606. The van der Waals surface area contributed by atoms with Crippen molar-refractivity contribution in [2.75, 3.05) is 0 Å². The summed E-state index contributed by atoms with van der Waals surface area (Å²) in [6, 6.07) is 52.2. The van der Waals surface area contributed by atoms with E-state index in [0.717, 1.165) is 6.42 Å². The molecule has 0 heteroatoms. The maximum absolute atomic E-state index is 2.47. The molecule has 0 N–H and O–H groups in total. The Morgan fingerprint density at radius 1 is 0.438 bits per heavy atom. The van der Waals surface area contributed by atoms with Crippen LogP contribution >= 0.6 is 0 Å². The van der Waals surface area contributed by atoms with E-state index < -0.39 is 0 Å². The zero-order chi connectivity index (χ0) is 31.6. The molecule has 48 heavy (non-hydrogen) atoms. The Morgan fingerprint density at radius 3 is 2.08 bits per heavy atom. The Kier molecular flexibility index (Phi) is 6.24. The van der Waals surface area contributed by atoms with Gasteiger partial charge in [-0.05, 0) is 136 Å². The Labute approximate surface area is 281 Å². The fraction of sp³-hybridized carbons (Fsp3) is 0.0833. The van der Waals surface area contributed by atoms with Crippen molar-refractivity contribution in [2.24, 2.45) is 5.92 Å². The molecule has 226 valence electrons. The minimum atomic E-state index is 0.606. The molecule has 0 amide bonds. The van der Waals surface area contributed by atoms with Crippen LogP contribution in [0.25, 0.3) is 81.7 Å². The first-order valence-electron chi connectivity index (χ1n) is 17.3. The van der Waals surface area contributed by atoms with Gasteiger partial charge in [-0.25, -0.2) is 0 Å². The van der Waals surface area contributed by atoms with Gasteiger partial charge in [0.05, 0.1) is 0 Å². The molecular formula is C48H34. The fourth-order valence-corrected chi connectivity index (χ4v) is 8.62. The summed E-state index contributed by atoms with van der Waals surface area (Å²) in [5, 5.41) is 12.9. The van der Waals surface area contributed by atoms with Crippen molar-refractivity contribution in [3.8, 4) is 22.3 Å². The van der Waals surface area contributed by atoms with Crippen molar-refractivity contribution in [3.63, 3.8) is 0 Å². The Balaban J connectivity index is 1.38. The summed E-state index contributed by atoms with van der Waals surface area (Å²) >= 11 is 0. The summed E-state index contributed by atoms with van der Waals surface area (Å²) < 4.78 is 0. The lowest BCUT2D eigenvalue weighted by atomic mass is 9.77. The largest absolute Gasteiger partial charge is 0.0842 e. The quantitative estimate of drug-likeness (QED) is 0.138. The lowest BCUT2D eigenvalue weighted by Crippen LogP contribution is -2.10. The number of rotatable bonds is 3. The molecule has 10 rings (SSSR count). The van der Waals surface area contributed by atoms with Gasteiger partial charge < -0.3 is 0 Å². The number of allylic oxidation sites excluding steroid dienone is 6. The van der Waals surface area contributed by atoms with Crippen LogP contribution in [0.5, 0.6) is 0 Å². The van der Waals surface area contributed by atoms with Gasteiger partial charge in [0, 0.05) is 0 Å². The third-order valence-electron chi connectivity index (χ3n) is 10.8. The van der Waals surface area contributed by atoms with Crippen molar-refractivity contribution >= 4 is 59.4 Å². The van der Waals surface area contributed by atoms with E-state index >= 15 is 0 Å². The number of benzene rings is 8. The molecule has 0 radical (unpaired) electrons. The molecule has 0 nitrogen and oxygen atoms in total. The first kappa shape index (κ1) is 27.4. The van der Waals surface area contributed by atoms with Gasteiger partial charge in [-0.15, -0.1) is 0 Å². The lowest BCUT2D eigenvalue weighted by molar-refractivity contribution is 0.568. The molecule has 1 atom stereocenters. The van der Waals surface area contributed by atoms with Gasteiger partial charge in [-0.2, -0.15) is 0 Å². The summed E-state index contributed by atoms with van der Waals surface area (Å²) in [5.41, 5.74) is 9.34. The third kappa shape index (κ3) is 4.23. The van der Waals surface area contributed by atoms with E-state index in [1.807, 2.05) is 0 Å². The van der Waals surface area contributed by atoms with E-state index in [1.165, 1.54) is 106 Å². The zero-order valence-electron chi connectivity index (χ0n) is 26.8. The summed E-state index contributed by atoms with van der Waals surface area (Å²) in [4.78, 5) is 0. The van der Waals surface area contributed by atoms with Crippen LogP contribution in [0.3, 0.4) is 0 Å². The summed E-state index contributed by atoms with van der Waals surface area (Å²) in [5.74, 6) is 0.606. The molecule has 2 aliphatic carbocycles. The first-order chi connectivity index (χ1) is 23.8. The van der Waals surface area contributed by atoms with Crippen molar-refractivity contribution in [1.29, 1.82) is 0 Å². The highest BCUT2D eigenvalue weighted by molar-refractivity contribution is 6.25. The highest BCUT2D eigenvalue weighted by atomic mass is 14.3. The third-order valence-corrected chi connectivity index (χ3v) is 10.8. The van der Waals surface area contributed by atoms with Gasteiger partial charge in [-0.3, -0.25) is 0 Å². The molecule has 0 fully saturated rings. The Morgan fingerprint density at radius 2 is 1.17 bits per heavy atom. The van der Waals surface area contributed by atoms with Crippen molar-refractivity contribution < 1.29 is 0 Å². The van der Waals surface area contributed by atoms with Crippen LogP contribution in [0.15, 0.2) is 169 Å². The summed E-state index contributed by atoms with van der Waals surface area (Å²) in [7, 11) is 0. The molecule has 0 saturated carbocycles. The summed E-state index contributed by atoms with van der Waals surface area (Å²) in [6.07, 6.45) is 13.1.